The number of carbonyl (C=O) groups excluding carboxylic acids is 4. The Balaban J connectivity index is 5.22. The highest BCUT2D eigenvalue weighted by Gasteiger charge is 2.30. The van der Waals surface area contributed by atoms with Gasteiger partial charge in [-0.3, -0.25) is 37.3 Å². The van der Waals surface area contributed by atoms with E-state index in [1.54, 1.807) is 0 Å². The summed E-state index contributed by atoms with van der Waals surface area (Å²) in [6.45, 7) is 14.3. The minimum absolute atomic E-state index is 0.107. The minimum Gasteiger partial charge on any atom is -0.462 e. The molecule has 17 nitrogen and oxygen atoms in total. The SMILES string of the molecule is CCC(C)CCCCCCCCCCCCCCCCC(=O)O[C@H](COC(=O)CCCCCCCCCCCCCCCCC(C)C)COP(=O)(O)OCC(O)COP(=O)(O)OC[C@@H](COC(=O)CCCCCCCCC(C)C)OC(=O)CCCCCCCCCCCCCCCCCCC(C)C. The molecule has 0 aliphatic carbocycles. The molecular formula is C84H164O17P2. The van der Waals surface area contributed by atoms with Gasteiger partial charge in [-0.25, -0.2) is 9.13 Å². The summed E-state index contributed by atoms with van der Waals surface area (Å²) in [6.07, 6.45) is 61.2. The van der Waals surface area contributed by atoms with Gasteiger partial charge in [-0.2, -0.15) is 0 Å². The molecule has 0 aromatic carbocycles. The highest BCUT2D eigenvalue weighted by Crippen LogP contribution is 2.45. The third-order valence-electron chi connectivity index (χ3n) is 19.9. The molecule has 103 heavy (non-hydrogen) atoms. The van der Waals surface area contributed by atoms with E-state index in [0.29, 0.717) is 31.6 Å². The molecule has 0 amide bonds. The van der Waals surface area contributed by atoms with E-state index < -0.39 is 97.5 Å². The van der Waals surface area contributed by atoms with Crippen LogP contribution < -0.4 is 0 Å². The summed E-state index contributed by atoms with van der Waals surface area (Å²) in [6, 6.07) is 0. The van der Waals surface area contributed by atoms with Crippen molar-refractivity contribution in [1.82, 2.24) is 0 Å². The van der Waals surface area contributed by atoms with Gasteiger partial charge in [0, 0.05) is 25.7 Å². The third kappa shape index (κ3) is 76.6. The molecule has 0 rings (SSSR count). The lowest BCUT2D eigenvalue weighted by Crippen LogP contribution is -2.30. The first-order valence-electron chi connectivity index (χ1n) is 43.2. The molecule has 0 saturated carbocycles. The highest BCUT2D eigenvalue weighted by atomic mass is 31.2. The van der Waals surface area contributed by atoms with Gasteiger partial charge in [0.25, 0.3) is 0 Å². The fourth-order valence-electron chi connectivity index (χ4n) is 12.9. The monoisotopic (exact) mass is 1510 g/mol. The molecule has 6 atom stereocenters. The van der Waals surface area contributed by atoms with Crippen LogP contribution in [0.25, 0.3) is 0 Å². The van der Waals surface area contributed by atoms with Gasteiger partial charge < -0.3 is 33.8 Å². The van der Waals surface area contributed by atoms with E-state index in [9.17, 15) is 43.2 Å². The lowest BCUT2D eigenvalue weighted by atomic mass is 9.99. The van der Waals surface area contributed by atoms with Crippen LogP contribution in [0.4, 0.5) is 0 Å². The van der Waals surface area contributed by atoms with Gasteiger partial charge in [0.1, 0.15) is 19.3 Å². The van der Waals surface area contributed by atoms with Crippen molar-refractivity contribution < 1.29 is 80.2 Å². The number of hydrogen-bond acceptors (Lipinski definition) is 15. The van der Waals surface area contributed by atoms with Crippen LogP contribution in [0.3, 0.4) is 0 Å². The zero-order valence-electron chi connectivity index (χ0n) is 68.0. The molecule has 0 bridgehead atoms. The van der Waals surface area contributed by atoms with Crippen LogP contribution in [0.5, 0.6) is 0 Å². The molecule has 19 heteroatoms. The Morgan fingerprint density at radius 2 is 0.466 bits per heavy atom. The number of hydrogen-bond donors (Lipinski definition) is 3. The molecule has 0 heterocycles. The number of phosphoric ester groups is 2. The van der Waals surface area contributed by atoms with Crippen molar-refractivity contribution in [2.24, 2.45) is 23.7 Å². The van der Waals surface area contributed by atoms with E-state index >= 15 is 0 Å². The second kappa shape index (κ2) is 72.9. The number of unbranched alkanes of at least 4 members (excludes halogenated alkanes) is 46. The first-order valence-corrected chi connectivity index (χ1v) is 46.2. The van der Waals surface area contributed by atoms with E-state index in [1.807, 2.05) is 0 Å². The summed E-state index contributed by atoms with van der Waals surface area (Å²) >= 11 is 0. The van der Waals surface area contributed by atoms with E-state index in [0.717, 1.165) is 114 Å². The van der Waals surface area contributed by atoms with Crippen LogP contribution in [-0.4, -0.2) is 96.7 Å². The lowest BCUT2D eigenvalue weighted by Gasteiger charge is -2.21. The maximum Gasteiger partial charge on any atom is 0.472 e. The van der Waals surface area contributed by atoms with Crippen LogP contribution in [-0.2, 0) is 65.4 Å². The number of aliphatic hydroxyl groups is 1. The first kappa shape index (κ1) is 101. The first-order chi connectivity index (χ1) is 49.6. The second-order valence-electron chi connectivity index (χ2n) is 31.9. The van der Waals surface area contributed by atoms with Crippen molar-refractivity contribution in [2.75, 3.05) is 39.6 Å². The smallest absolute Gasteiger partial charge is 0.462 e. The van der Waals surface area contributed by atoms with E-state index in [-0.39, 0.29) is 25.7 Å². The van der Waals surface area contributed by atoms with Gasteiger partial charge in [-0.1, -0.05) is 383 Å². The number of ether oxygens (including phenoxy) is 4. The standard InChI is InChI=1S/C84H164O17P2/c1-9-77(8)63-55-47-38-32-26-20-15-17-23-29-35-41-51-59-66-83(88)100-79(70-94-81(86)64-56-48-39-33-27-21-16-14-19-25-31-37-45-53-61-75(4)5)72-98-102(90,91)96-68-78(85)69-97-103(92,93)99-73-80(71-95-82(87)65-57-49-43-42-46-54-62-76(6)7)101-84(89)67-58-50-40-34-28-22-13-11-10-12-18-24-30-36-44-52-60-74(2)3/h74-80,85H,9-73H2,1-8H3,(H,90,91)(H,92,93)/t77?,78?,79-,80-/m1/s1. The average Bonchev–Trinajstić information content (AvgIpc) is 0.915. The van der Waals surface area contributed by atoms with Crippen LogP contribution in [0.2, 0.25) is 0 Å². The normalized spacial score (nSPS) is 14.2. The Morgan fingerprint density at radius 3 is 0.689 bits per heavy atom. The quantitative estimate of drug-likeness (QED) is 0.0222. The molecule has 0 spiro atoms. The number of rotatable bonds is 81. The summed E-state index contributed by atoms with van der Waals surface area (Å²) < 4.78 is 68.8. The topological polar surface area (TPSA) is 237 Å². The fraction of sp³-hybridized carbons (Fsp3) is 0.952. The van der Waals surface area contributed by atoms with Gasteiger partial charge in [0.2, 0.25) is 0 Å². The summed E-state index contributed by atoms with van der Waals surface area (Å²) in [5, 5.41) is 10.7. The van der Waals surface area contributed by atoms with E-state index in [1.165, 1.54) is 231 Å². The molecule has 3 N–H and O–H groups in total. The highest BCUT2D eigenvalue weighted by molar-refractivity contribution is 7.47. The van der Waals surface area contributed by atoms with Crippen molar-refractivity contribution in [3.8, 4) is 0 Å². The van der Waals surface area contributed by atoms with Gasteiger partial charge in [0.15, 0.2) is 12.2 Å². The molecule has 612 valence electrons. The molecule has 0 aliphatic heterocycles. The molecule has 0 saturated heterocycles. The molecule has 0 fully saturated rings. The maximum absolute atomic E-state index is 13.1. The number of esters is 4. The van der Waals surface area contributed by atoms with Gasteiger partial charge in [0.05, 0.1) is 26.4 Å². The molecule has 0 aromatic heterocycles. The Morgan fingerprint density at radius 1 is 0.272 bits per heavy atom. The Hall–Kier alpha value is -1.94. The van der Waals surface area contributed by atoms with E-state index in [4.69, 9.17) is 37.0 Å². The third-order valence-corrected chi connectivity index (χ3v) is 21.8. The largest absolute Gasteiger partial charge is 0.472 e. The van der Waals surface area contributed by atoms with Crippen molar-refractivity contribution in [2.45, 2.75) is 453 Å². The number of carbonyl (C=O) groups is 4. The lowest BCUT2D eigenvalue weighted by molar-refractivity contribution is -0.161. The Bertz CT molecular complexity index is 2010. The predicted molar refractivity (Wildman–Crippen MR) is 423 cm³/mol. The minimum atomic E-state index is -4.96. The van der Waals surface area contributed by atoms with Gasteiger partial charge in [-0.15, -0.1) is 0 Å². The van der Waals surface area contributed by atoms with Gasteiger partial charge in [-0.05, 0) is 49.4 Å². The van der Waals surface area contributed by atoms with Crippen molar-refractivity contribution in [1.29, 1.82) is 0 Å². The molecule has 0 radical (unpaired) electrons. The van der Waals surface area contributed by atoms with Crippen LogP contribution in [0, 0.1) is 23.7 Å². The summed E-state index contributed by atoms with van der Waals surface area (Å²) in [7, 11) is -9.93. The molecular weight excluding hydrogens is 1340 g/mol. The number of phosphoric acid groups is 2. The zero-order chi connectivity index (χ0) is 76.0. The van der Waals surface area contributed by atoms with Crippen LogP contribution in [0.1, 0.15) is 434 Å². The van der Waals surface area contributed by atoms with Crippen molar-refractivity contribution in [3.05, 3.63) is 0 Å². The predicted octanol–water partition coefficient (Wildman–Crippen LogP) is 25.2. The Labute approximate surface area is 632 Å². The van der Waals surface area contributed by atoms with Crippen LogP contribution >= 0.6 is 15.6 Å². The van der Waals surface area contributed by atoms with Crippen molar-refractivity contribution in [3.63, 3.8) is 0 Å². The summed E-state index contributed by atoms with van der Waals surface area (Å²) in [5.41, 5.74) is 0. The van der Waals surface area contributed by atoms with Crippen molar-refractivity contribution >= 4 is 39.5 Å². The molecule has 0 aromatic rings. The molecule has 0 aliphatic rings. The number of aliphatic hydroxyl groups excluding tert-OH is 1. The summed E-state index contributed by atoms with van der Waals surface area (Å²) in [5.74, 6) is 1.02. The van der Waals surface area contributed by atoms with E-state index in [2.05, 4.69) is 55.4 Å². The average molecular weight is 1510 g/mol. The maximum atomic E-state index is 13.1. The zero-order valence-corrected chi connectivity index (χ0v) is 69.7. The van der Waals surface area contributed by atoms with Gasteiger partial charge >= 0.3 is 39.5 Å². The summed E-state index contributed by atoms with van der Waals surface area (Å²) in [4.78, 5) is 73.1. The molecule has 4 unspecified atom stereocenters. The van der Waals surface area contributed by atoms with Crippen LogP contribution in [0.15, 0.2) is 0 Å². The fourth-order valence-corrected chi connectivity index (χ4v) is 14.5. The Kier molecular flexibility index (Phi) is 71.5. The second-order valence-corrected chi connectivity index (χ2v) is 34.8.